The molecule has 0 N–H and O–H groups in total. The van der Waals surface area contributed by atoms with Gasteiger partial charge in [-0.1, -0.05) is 56.9 Å². The number of unbranched alkanes of at least 4 members (excludes halogenated alkanes) is 4. The highest BCUT2D eigenvalue weighted by atomic mass is 19.1. The maximum Gasteiger partial charge on any atom is 0.196 e. The van der Waals surface area contributed by atoms with Gasteiger partial charge >= 0.3 is 0 Å². The monoisotopic (exact) mass is 355 g/mol. The zero-order chi connectivity index (χ0) is 18.6. The highest BCUT2D eigenvalue weighted by Crippen LogP contribution is 2.37. The molecule has 0 aromatic heterocycles. The minimum Gasteiger partial charge on any atom is -0.195 e. The topological polar surface area (TPSA) is 23.8 Å². The highest BCUT2D eigenvalue weighted by Gasteiger charge is 2.21. The minimum atomic E-state index is -0.635. The fourth-order valence-corrected chi connectivity index (χ4v) is 4.17. The average Bonchev–Trinajstić information content (AvgIpc) is 2.69. The fourth-order valence-electron chi connectivity index (χ4n) is 4.17. The molecule has 0 amide bonds. The van der Waals surface area contributed by atoms with Crippen molar-refractivity contribution >= 4 is 0 Å². The van der Waals surface area contributed by atoms with Crippen molar-refractivity contribution in [3.63, 3.8) is 0 Å². The van der Waals surface area contributed by atoms with Crippen LogP contribution in [0, 0.1) is 17.2 Å². The number of hydrogen-bond acceptors (Lipinski definition) is 1. The van der Waals surface area contributed by atoms with E-state index in [1.165, 1.54) is 81.4 Å². The Morgan fingerprint density at radius 3 is 2.42 bits per heavy atom. The van der Waals surface area contributed by atoms with E-state index in [4.69, 9.17) is 5.26 Å². The molecule has 1 nitrogen and oxygen atoms in total. The summed E-state index contributed by atoms with van der Waals surface area (Å²) in [4.78, 5) is 0. The Morgan fingerprint density at radius 1 is 1.08 bits per heavy atom. The number of nitriles is 1. The predicted octanol–water partition coefficient (Wildman–Crippen LogP) is 7.63. The molecule has 1 fully saturated rings. The summed E-state index contributed by atoms with van der Waals surface area (Å²) in [5.41, 5.74) is 2.97. The van der Waals surface area contributed by atoms with Crippen LogP contribution in [0.15, 0.2) is 36.2 Å². The van der Waals surface area contributed by atoms with Gasteiger partial charge in [-0.3, -0.25) is 0 Å². The zero-order valence-electron chi connectivity index (χ0n) is 16.4. The van der Waals surface area contributed by atoms with Crippen LogP contribution in [0.1, 0.15) is 94.6 Å². The molecule has 0 aliphatic heterocycles. The van der Waals surface area contributed by atoms with Crippen LogP contribution in [0.5, 0.6) is 0 Å². The van der Waals surface area contributed by atoms with Crippen molar-refractivity contribution in [2.75, 3.05) is 0 Å². The van der Waals surface area contributed by atoms with E-state index in [0.717, 1.165) is 6.42 Å². The number of halogens is 1. The van der Waals surface area contributed by atoms with Gasteiger partial charge in [0, 0.05) is 0 Å². The maximum atomic E-state index is 12.8. The molecule has 0 bridgehead atoms. The van der Waals surface area contributed by atoms with Gasteiger partial charge in [0.25, 0.3) is 0 Å². The van der Waals surface area contributed by atoms with E-state index in [-0.39, 0.29) is 0 Å². The Labute approximate surface area is 159 Å². The Kier molecular flexibility index (Phi) is 9.46. The summed E-state index contributed by atoms with van der Waals surface area (Å²) in [6.07, 6.45) is 16.0. The van der Waals surface area contributed by atoms with Crippen molar-refractivity contribution in [1.29, 1.82) is 5.26 Å². The van der Waals surface area contributed by atoms with Crippen LogP contribution in [0.2, 0.25) is 0 Å². The van der Waals surface area contributed by atoms with Gasteiger partial charge in [0.2, 0.25) is 0 Å². The lowest BCUT2D eigenvalue weighted by atomic mass is 9.77. The van der Waals surface area contributed by atoms with Crippen molar-refractivity contribution in [2.45, 2.75) is 89.9 Å². The molecule has 0 atom stereocenters. The van der Waals surface area contributed by atoms with Crippen molar-refractivity contribution in [3.8, 4) is 6.07 Å². The van der Waals surface area contributed by atoms with E-state index >= 15 is 0 Å². The van der Waals surface area contributed by atoms with Gasteiger partial charge in [0.05, 0.1) is 0 Å². The number of hydrogen-bond donors (Lipinski definition) is 0. The van der Waals surface area contributed by atoms with Gasteiger partial charge in [0.15, 0.2) is 5.83 Å². The lowest BCUT2D eigenvalue weighted by Crippen LogP contribution is -2.13. The Bertz CT molecular complexity index is 573. The van der Waals surface area contributed by atoms with Gasteiger partial charge in [-0.25, -0.2) is 0 Å². The van der Waals surface area contributed by atoms with Crippen LogP contribution in [0.25, 0.3) is 0 Å². The van der Waals surface area contributed by atoms with Gasteiger partial charge < -0.3 is 0 Å². The Morgan fingerprint density at radius 2 is 1.77 bits per heavy atom. The lowest BCUT2D eigenvalue weighted by molar-refractivity contribution is 0.311. The van der Waals surface area contributed by atoms with Gasteiger partial charge in [-0.05, 0) is 80.4 Å². The minimum absolute atomic E-state index is 0.635. The third kappa shape index (κ3) is 7.32. The second-order valence-electron chi connectivity index (χ2n) is 7.86. The van der Waals surface area contributed by atoms with Crippen molar-refractivity contribution in [2.24, 2.45) is 5.92 Å². The molecule has 0 radical (unpaired) electrons. The normalized spacial score (nSPS) is 20.7. The van der Waals surface area contributed by atoms with Crippen molar-refractivity contribution in [3.05, 3.63) is 47.3 Å². The summed E-state index contributed by atoms with van der Waals surface area (Å²) in [7, 11) is 0. The summed E-state index contributed by atoms with van der Waals surface area (Å²) < 4.78 is 12.8. The smallest absolute Gasteiger partial charge is 0.195 e. The molecule has 2 rings (SSSR count). The van der Waals surface area contributed by atoms with Gasteiger partial charge in [0.1, 0.15) is 6.07 Å². The summed E-state index contributed by atoms with van der Waals surface area (Å²) in [5.74, 6) is 0.747. The van der Waals surface area contributed by atoms with E-state index in [1.54, 1.807) is 6.07 Å². The van der Waals surface area contributed by atoms with Gasteiger partial charge in [-0.15, -0.1) is 0 Å². The first kappa shape index (κ1) is 20.7. The van der Waals surface area contributed by atoms with E-state index in [1.807, 2.05) is 0 Å². The van der Waals surface area contributed by atoms with Crippen LogP contribution >= 0.6 is 0 Å². The molecule has 26 heavy (non-hydrogen) atoms. The molecule has 1 saturated carbocycles. The first-order chi connectivity index (χ1) is 12.7. The molecule has 1 aromatic rings. The third-order valence-corrected chi connectivity index (χ3v) is 5.87. The van der Waals surface area contributed by atoms with E-state index in [0.29, 0.717) is 18.3 Å². The average molecular weight is 356 g/mol. The maximum absolute atomic E-state index is 12.8. The van der Waals surface area contributed by atoms with Crippen LogP contribution in [0.3, 0.4) is 0 Å². The number of aryl methyl sites for hydroxylation is 1. The summed E-state index contributed by atoms with van der Waals surface area (Å²) in [6.45, 7) is 2.26. The summed E-state index contributed by atoms with van der Waals surface area (Å²) in [5, 5.41) is 8.44. The molecular weight excluding hydrogens is 321 g/mol. The second kappa shape index (κ2) is 11.9. The van der Waals surface area contributed by atoms with Crippen molar-refractivity contribution < 1.29 is 4.39 Å². The van der Waals surface area contributed by atoms with E-state index in [2.05, 4.69) is 31.2 Å². The predicted molar refractivity (Wildman–Crippen MR) is 108 cm³/mol. The highest BCUT2D eigenvalue weighted by molar-refractivity contribution is 5.26. The summed E-state index contributed by atoms with van der Waals surface area (Å²) >= 11 is 0. The molecule has 1 aliphatic carbocycles. The Hall–Kier alpha value is -1.62. The largest absolute Gasteiger partial charge is 0.196 e. The molecule has 2 heteroatoms. The lowest BCUT2D eigenvalue weighted by Gasteiger charge is -2.28. The molecule has 0 saturated heterocycles. The number of benzene rings is 1. The Balaban J connectivity index is 1.69. The molecule has 1 aliphatic rings. The van der Waals surface area contributed by atoms with E-state index in [9.17, 15) is 4.39 Å². The zero-order valence-corrected chi connectivity index (χ0v) is 16.4. The van der Waals surface area contributed by atoms with Gasteiger partial charge in [-0.2, -0.15) is 9.65 Å². The number of allylic oxidation sites excluding steroid dienone is 2. The number of nitrogens with zero attached hydrogens (tertiary/aromatic N) is 1. The molecule has 0 spiro atoms. The third-order valence-electron chi connectivity index (χ3n) is 5.87. The van der Waals surface area contributed by atoms with Crippen LogP contribution < -0.4 is 0 Å². The first-order valence-electron chi connectivity index (χ1n) is 10.6. The van der Waals surface area contributed by atoms with E-state index < -0.39 is 5.83 Å². The first-order valence-corrected chi connectivity index (χ1v) is 10.6. The SMILES string of the molecule is CCCCCCCc1ccc(C2CCC(CC/C=C(\F)C#N)CC2)cc1. The molecular formula is C24H34FN. The molecule has 0 unspecified atom stereocenters. The van der Waals surface area contributed by atoms with Crippen molar-refractivity contribution in [1.82, 2.24) is 0 Å². The quantitative estimate of drug-likeness (QED) is 0.312. The fraction of sp³-hybridized carbons (Fsp3) is 0.625. The van der Waals surface area contributed by atoms with Crippen LogP contribution in [0.4, 0.5) is 4.39 Å². The summed E-state index contributed by atoms with van der Waals surface area (Å²) in [6, 6.07) is 10.9. The standard InChI is InChI=1S/C24H34FN/c1-2-3-4-5-6-8-20-11-15-22(16-12-20)23-17-13-21(14-18-23)9-7-10-24(25)19-26/h10-12,15-16,21,23H,2-9,13-14,17-18H2,1H3/b24-10-. The number of rotatable bonds is 10. The molecule has 142 valence electrons. The van der Waals surface area contributed by atoms with Crippen LogP contribution in [-0.2, 0) is 6.42 Å². The second-order valence-corrected chi connectivity index (χ2v) is 7.86. The van der Waals surface area contributed by atoms with Crippen LogP contribution in [-0.4, -0.2) is 0 Å². The molecule has 0 heterocycles. The molecule has 1 aromatic carbocycles.